The minimum atomic E-state index is -4.38. The first-order valence-corrected chi connectivity index (χ1v) is 8.99. The van der Waals surface area contributed by atoms with Crippen LogP contribution >= 0.6 is 0 Å². The molecule has 3 aromatic rings. The predicted molar refractivity (Wildman–Crippen MR) is 93.6 cm³/mol. The van der Waals surface area contributed by atoms with Crippen LogP contribution in [0.25, 0.3) is 10.8 Å². The predicted octanol–water partition coefficient (Wildman–Crippen LogP) is 4.04. The molecule has 0 saturated heterocycles. The number of hydrogen-bond acceptors (Lipinski definition) is 3. The molecule has 1 unspecified atom stereocenters. The van der Waals surface area contributed by atoms with Crippen LogP contribution in [0.3, 0.4) is 0 Å². The molecule has 1 atom stereocenters. The number of Topliss-reactive ketones (excluding diaryl/α,β-unsaturated/α-hetero) is 1. The molecule has 0 amide bonds. The van der Waals surface area contributed by atoms with Crippen LogP contribution in [0, 0.1) is 0 Å². The van der Waals surface area contributed by atoms with E-state index in [0.29, 0.717) is 11.1 Å². The maximum absolute atomic E-state index is 12.5. The van der Waals surface area contributed by atoms with E-state index in [9.17, 15) is 17.8 Å². The van der Waals surface area contributed by atoms with Crippen LogP contribution in [0.5, 0.6) is 0 Å². The summed E-state index contributed by atoms with van der Waals surface area (Å²) in [6, 6.07) is 21.1. The van der Waals surface area contributed by atoms with Crippen molar-refractivity contribution in [1.29, 1.82) is 0 Å². The Morgan fingerprint density at radius 2 is 1.50 bits per heavy atom. The average molecular weight is 340 g/mol. The Kier molecular flexibility index (Phi) is 4.46. The first-order chi connectivity index (χ1) is 11.4. The summed E-state index contributed by atoms with van der Waals surface area (Å²) in [4.78, 5) is 12.5. The zero-order chi connectivity index (χ0) is 17.2. The Labute approximate surface area is 140 Å². The van der Waals surface area contributed by atoms with Gasteiger partial charge < -0.3 is 0 Å². The lowest BCUT2D eigenvalue weighted by molar-refractivity contribution is 0.0980. The molecular weight excluding hydrogens is 324 g/mol. The third-order valence-corrected chi connectivity index (χ3v) is 5.13. The van der Waals surface area contributed by atoms with E-state index >= 15 is 0 Å². The quantitative estimate of drug-likeness (QED) is 0.562. The first-order valence-electron chi connectivity index (χ1n) is 7.48. The maximum atomic E-state index is 12.5. The molecule has 0 aliphatic heterocycles. The highest BCUT2D eigenvalue weighted by Crippen LogP contribution is 2.27. The van der Waals surface area contributed by atoms with Crippen LogP contribution in [0.2, 0.25) is 0 Å². The van der Waals surface area contributed by atoms with Gasteiger partial charge in [0.25, 0.3) is 10.1 Å². The van der Waals surface area contributed by atoms with E-state index in [0.717, 1.165) is 10.8 Å². The molecule has 5 heteroatoms. The first kappa shape index (κ1) is 16.4. The highest BCUT2D eigenvalue weighted by molar-refractivity contribution is 7.86. The summed E-state index contributed by atoms with van der Waals surface area (Å²) in [5, 5.41) is 0.646. The lowest BCUT2D eigenvalue weighted by Crippen LogP contribution is -2.16. The lowest BCUT2D eigenvalue weighted by Gasteiger charge is -2.14. The molecule has 4 nitrogen and oxygen atoms in total. The molecule has 122 valence electrons. The summed E-state index contributed by atoms with van der Waals surface area (Å²) in [7, 11) is -4.38. The Hall–Kier alpha value is -2.50. The molecule has 0 spiro atoms. The van der Waals surface area contributed by atoms with Crippen LogP contribution in [-0.4, -0.2) is 18.8 Å². The molecule has 0 fully saturated rings. The van der Waals surface area contributed by atoms with E-state index in [4.69, 9.17) is 0 Å². The van der Waals surface area contributed by atoms with Crippen molar-refractivity contribution >= 4 is 26.7 Å². The highest BCUT2D eigenvalue weighted by atomic mass is 32.2. The summed E-state index contributed by atoms with van der Waals surface area (Å²) in [5.41, 5.74) is 0.826. The van der Waals surface area contributed by atoms with Crippen molar-refractivity contribution in [2.24, 2.45) is 0 Å². The fourth-order valence-corrected chi connectivity index (χ4v) is 3.57. The van der Waals surface area contributed by atoms with E-state index in [1.165, 1.54) is 0 Å². The van der Waals surface area contributed by atoms with E-state index in [2.05, 4.69) is 0 Å². The van der Waals surface area contributed by atoms with Crippen molar-refractivity contribution in [3.05, 3.63) is 83.9 Å². The van der Waals surface area contributed by atoms with Crippen molar-refractivity contribution in [3.63, 3.8) is 0 Å². The Morgan fingerprint density at radius 1 is 0.875 bits per heavy atom. The van der Waals surface area contributed by atoms with E-state index in [-0.39, 0.29) is 12.2 Å². The van der Waals surface area contributed by atoms with Gasteiger partial charge in [-0.15, -0.1) is 0 Å². The fraction of sp³-hybridized carbons (Fsp3) is 0.105. The zero-order valence-electron chi connectivity index (χ0n) is 12.8. The topological polar surface area (TPSA) is 71.4 Å². The summed E-state index contributed by atoms with van der Waals surface area (Å²) in [5.74, 6) is -0.327. The molecular formula is C19H16O4S. The van der Waals surface area contributed by atoms with Gasteiger partial charge in [0, 0.05) is 12.0 Å². The molecule has 0 saturated carbocycles. The number of carbonyl (C=O) groups excluding carboxylic acids is 1. The Bertz CT molecular complexity index is 978. The number of hydrogen-bond donors (Lipinski definition) is 1. The van der Waals surface area contributed by atoms with Gasteiger partial charge in [-0.1, -0.05) is 66.7 Å². The molecule has 0 heterocycles. The van der Waals surface area contributed by atoms with Crippen LogP contribution < -0.4 is 0 Å². The molecule has 1 N–H and O–H groups in total. The van der Waals surface area contributed by atoms with E-state index in [1.54, 1.807) is 42.5 Å². The van der Waals surface area contributed by atoms with Crippen LogP contribution in [0.15, 0.2) is 72.8 Å². The van der Waals surface area contributed by atoms with Gasteiger partial charge in [-0.25, -0.2) is 0 Å². The summed E-state index contributed by atoms with van der Waals surface area (Å²) in [6.45, 7) is 0. The second-order valence-corrected chi connectivity index (χ2v) is 7.20. The van der Waals surface area contributed by atoms with Gasteiger partial charge in [0.1, 0.15) is 5.25 Å². The van der Waals surface area contributed by atoms with Crippen molar-refractivity contribution < 1.29 is 17.8 Å². The van der Waals surface area contributed by atoms with Gasteiger partial charge in [-0.05, 0) is 22.4 Å². The smallest absolute Gasteiger partial charge is 0.272 e. The molecule has 0 aliphatic carbocycles. The second kappa shape index (κ2) is 6.55. The Morgan fingerprint density at radius 3 is 2.17 bits per heavy atom. The summed E-state index contributed by atoms with van der Waals surface area (Å²) in [6.07, 6.45) is -0.304. The SMILES string of the molecule is O=C(CC(c1ccccc1)S(=O)(=O)O)c1ccc2ccccc2c1. The zero-order valence-corrected chi connectivity index (χ0v) is 13.6. The summed E-state index contributed by atoms with van der Waals surface area (Å²) < 4.78 is 32.9. The van der Waals surface area contributed by atoms with Gasteiger partial charge in [0.05, 0.1) is 0 Å². The average Bonchev–Trinajstić information content (AvgIpc) is 2.58. The largest absolute Gasteiger partial charge is 0.294 e. The monoisotopic (exact) mass is 340 g/mol. The molecule has 0 aromatic heterocycles. The number of rotatable bonds is 5. The second-order valence-electron chi connectivity index (χ2n) is 5.60. The van der Waals surface area contributed by atoms with Gasteiger partial charge >= 0.3 is 0 Å². The summed E-state index contributed by atoms with van der Waals surface area (Å²) >= 11 is 0. The van der Waals surface area contributed by atoms with Crippen LogP contribution in [0.4, 0.5) is 0 Å². The lowest BCUT2D eigenvalue weighted by atomic mass is 10.00. The van der Waals surface area contributed by atoms with Crippen LogP contribution in [-0.2, 0) is 10.1 Å². The van der Waals surface area contributed by atoms with Crippen LogP contribution in [0.1, 0.15) is 27.6 Å². The Balaban J connectivity index is 1.93. The van der Waals surface area contributed by atoms with Gasteiger partial charge in [0.2, 0.25) is 0 Å². The van der Waals surface area contributed by atoms with Gasteiger partial charge in [-0.3, -0.25) is 9.35 Å². The highest BCUT2D eigenvalue weighted by Gasteiger charge is 2.28. The van der Waals surface area contributed by atoms with Crippen molar-refractivity contribution in [1.82, 2.24) is 0 Å². The normalized spacial score (nSPS) is 12.9. The molecule has 0 radical (unpaired) electrons. The number of ketones is 1. The number of carbonyl (C=O) groups is 1. The minimum Gasteiger partial charge on any atom is -0.294 e. The van der Waals surface area contributed by atoms with Gasteiger partial charge in [-0.2, -0.15) is 8.42 Å². The molecule has 24 heavy (non-hydrogen) atoms. The van der Waals surface area contributed by atoms with E-state index < -0.39 is 15.4 Å². The molecule has 0 bridgehead atoms. The molecule has 0 aliphatic rings. The molecule has 3 rings (SSSR count). The third-order valence-electron chi connectivity index (χ3n) is 3.97. The van der Waals surface area contributed by atoms with Crippen molar-refractivity contribution in [2.75, 3.05) is 0 Å². The van der Waals surface area contributed by atoms with E-state index in [1.807, 2.05) is 30.3 Å². The number of benzene rings is 3. The molecule has 3 aromatic carbocycles. The minimum absolute atomic E-state index is 0.304. The third kappa shape index (κ3) is 3.53. The standard InChI is InChI=1S/C19H16O4S/c20-18(17-11-10-14-6-4-5-9-16(14)12-17)13-19(24(21,22)23)15-7-2-1-3-8-15/h1-12,19H,13H2,(H,21,22,23). The maximum Gasteiger partial charge on any atom is 0.272 e. The van der Waals surface area contributed by atoms with Crippen molar-refractivity contribution in [2.45, 2.75) is 11.7 Å². The van der Waals surface area contributed by atoms with Gasteiger partial charge in [0.15, 0.2) is 5.78 Å². The van der Waals surface area contributed by atoms with Crippen molar-refractivity contribution in [3.8, 4) is 0 Å². The number of fused-ring (bicyclic) bond motifs is 1. The fourth-order valence-electron chi connectivity index (χ4n) is 2.71.